The molecule has 2 aromatic heterocycles. The highest BCUT2D eigenvalue weighted by molar-refractivity contribution is 6.31. The molecule has 1 aliphatic rings. The first-order valence-corrected chi connectivity index (χ1v) is 7.58. The lowest BCUT2D eigenvalue weighted by atomic mass is 10.2. The largest absolute Gasteiger partial charge is 0.461 e. The van der Waals surface area contributed by atoms with Gasteiger partial charge in [0, 0.05) is 11.1 Å². The molecule has 0 radical (unpaired) electrons. The standard InChI is InChI=1S/C16H14ClN3O2/c17-13-5-2-1-4-11(13)10-19-16(21)20(12-7-8-12)15(18-19)14-6-3-9-22-14/h1-6,9,12H,7-8,10H2. The van der Waals surface area contributed by atoms with Crippen molar-refractivity contribution < 1.29 is 4.42 Å². The molecule has 0 amide bonds. The zero-order valence-corrected chi connectivity index (χ0v) is 12.5. The van der Waals surface area contributed by atoms with Gasteiger partial charge in [0.15, 0.2) is 5.76 Å². The van der Waals surface area contributed by atoms with Gasteiger partial charge >= 0.3 is 5.69 Å². The summed E-state index contributed by atoms with van der Waals surface area (Å²) in [6, 6.07) is 11.3. The smallest absolute Gasteiger partial charge is 0.346 e. The van der Waals surface area contributed by atoms with Crippen LogP contribution in [0, 0.1) is 0 Å². The Labute approximate surface area is 131 Å². The number of rotatable bonds is 4. The van der Waals surface area contributed by atoms with Crippen LogP contribution >= 0.6 is 11.6 Å². The van der Waals surface area contributed by atoms with E-state index < -0.39 is 0 Å². The molecule has 6 heteroatoms. The number of nitrogens with zero attached hydrogens (tertiary/aromatic N) is 3. The van der Waals surface area contributed by atoms with Crippen LogP contribution in [0.4, 0.5) is 0 Å². The van der Waals surface area contributed by atoms with Gasteiger partial charge in [-0.25, -0.2) is 9.48 Å². The lowest BCUT2D eigenvalue weighted by Crippen LogP contribution is -2.25. The van der Waals surface area contributed by atoms with Crippen LogP contribution in [0.2, 0.25) is 5.02 Å². The highest BCUT2D eigenvalue weighted by atomic mass is 35.5. The normalized spacial score (nSPS) is 14.4. The van der Waals surface area contributed by atoms with Crippen molar-refractivity contribution >= 4 is 11.6 Å². The Morgan fingerprint density at radius 3 is 2.73 bits per heavy atom. The average Bonchev–Trinajstić information content (AvgIpc) is 3.09. The van der Waals surface area contributed by atoms with Crippen molar-refractivity contribution in [2.75, 3.05) is 0 Å². The number of benzene rings is 1. The van der Waals surface area contributed by atoms with Gasteiger partial charge in [-0.05, 0) is 36.6 Å². The van der Waals surface area contributed by atoms with E-state index in [2.05, 4.69) is 5.10 Å². The Morgan fingerprint density at radius 1 is 1.23 bits per heavy atom. The topological polar surface area (TPSA) is 53.0 Å². The average molecular weight is 316 g/mol. The first kappa shape index (κ1) is 13.4. The summed E-state index contributed by atoms with van der Waals surface area (Å²) in [7, 11) is 0. The molecule has 0 aliphatic heterocycles. The number of halogens is 1. The lowest BCUT2D eigenvalue weighted by Gasteiger charge is -2.02. The Morgan fingerprint density at radius 2 is 2.05 bits per heavy atom. The maximum atomic E-state index is 12.7. The maximum Gasteiger partial charge on any atom is 0.346 e. The number of furan rings is 1. The second-order valence-electron chi connectivity index (χ2n) is 5.43. The van der Waals surface area contributed by atoms with Gasteiger partial charge in [-0.1, -0.05) is 29.8 Å². The molecule has 1 aliphatic carbocycles. The monoisotopic (exact) mass is 315 g/mol. The molecule has 4 rings (SSSR count). The summed E-state index contributed by atoms with van der Waals surface area (Å²) in [5.41, 5.74) is 0.756. The zero-order valence-electron chi connectivity index (χ0n) is 11.8. The van der Waals surface area contributed by atoms with E-state index in [-0.39, 0.29) is 11.7 Å². The molecule has 1 saturated carbocycles. The van der Waals surface area contributed by atoms with Crippen LogP contribution in [0.25, 0.3) is 11.6 Å². The predicted octanol–water partition coefficient (Wildman–Crippen LogP) is 3.34. The first-order chi connectivity index (χ1) is 10.7. The minimum absolute atomic E-state index is 0.117. The molecule has 0 spiro atoms. The van der Waals surface area contributed by atoms with Crippen LogP contribution in [0.15, 0.2) is 51.9 Å². The quantitative estimate of drug-likeness (QED) is 0.742. The molecule has 112 valence electrons. The maximum absolute atomic E-state index is 12.7. The molecule has 0 bridgehead atoms. The number of hydrogen-bond acceptors (Lipinski definition) is 3. The van der Waals surface area contributed by atoms with E-state index in [1.54, 1.807) is 16.9 Å². The van der Waals surface area contributed by atoms with Crippen LogP contribution < -0.4 is 5.69 Å². The highest BCUT2D eigenvalue weighted by Gasteiger charge is 2.31. The lowest BCUT2D eigenvalue weighted by molar-refractivity contribution is 0.568. The summed E-state index contributed by atoms with van der Waals surface area (Å²) in [5, 5.41) is 5.10. The van der Waals surface area contributed by atoms with Gasteiger partial charge in [0.2, 0.25) is 5.82 Å². The fraction of sp³-hybridized carbons (Fsp3) is 0.250. The molecule has 1 fully saturated rings. The third kappa shape index (κ3) is 2.27. The van der Waals surface area contributed by atoms with E-state index in [1.807, 2.05) is 30.3 Å². The minimum atomic E-state index is -0.117. The van der Waals surface area contributed by atoms with Gasteiger partial charge in [-0.3, -0.25) is 4.57 Å². The number of hydrogen-bond donors (Lipinski definition) is 0. The number of aromatic nitrogens is 3. The van der Waals surface area contributed by atoms with Crippen LogP contribution in [0.1, 0.15) is 24.4 Å². The Hall–Kier alpha value is -2.27. The van der Waals surface area contributed by atoms with E-state index in [0.29, 0.717) is 23.2 Å². The van der Waals surface area contributed by atoms with Gasteiger partial charge in [0.25, 0.3) is 0 Å². The van der Waals surface area contributed by atoms with E-state index in [9.17, 15) is 4.79 Å². The van der Waals surface area contributed by atoms with Crippen molar-refractivity contribution in [3.63, 3.8) is 0 Å². The van der Waals surface area contributed by atoms with Crippen molar-refractivity contribution in [3.05, 3.63) is 63.7 Å². The molecule has 22 heavy (non-hydrogen) atoms. The molecule has 3 aromatic rings. The predicted molar refractivity (Wildman–Crippen MR) is 83.0 cm³/mol. The van der Waals surface area contributed by atoms with E-state index in [0.717, 1.165) is 18.4 Å². The van der Waals surface area contributed by atoms with Gasteiger partial charge in [-0.2, -0.15) is 0 Å². The van der Waals surface area contributed by atoms with Crippen LogP contribution in [0.5, 0.6) is 0 Å². The Balaban J connectivity index is 1.79. The van der Waals surface area contributed by atoms with Gasteiger partial charge < -0.3 is 4.42 Å². The second kappa shape index (κ2) is 5.18. The summed E-state index contributed by atoms with van der Waals surface area (Å²) >= 11 is 6.18. The first-order valence-electron chi connectivity index (χ1n) is 7.20. The van der Waals surface area contributed by atoms with Crippen molar-refractivity contribution in [2.24, 2.45) is 0 Å². The van der Waals surface area contributed by atoms with Crippen molar-refractivity contribution in [1.29, 1.82) is 0 Å². The molecule has 0 atom stereocenters. The SMILES string of the molecule is O=c1n(Cc2ccccc2Cl)nc(-c2ccco2)n1C1CC1. The summed E-state index contributed by atoms with van der Waals surface area (Å²) in [6.45, 7) is 0.353. The van der Waals surface area contributed by atoms with Gasteiger partial charge in [-0.15, -0.1) is 5.10 Å². The fourth-order valence-electron chi connectivity index (χ4n) is 2.55. The third-order valence-electron chi connectivity index (χ3n) is 3.80. The third-order valence-corrected chi connectivity index (χ3v) is 4.17. The van der Waals surface area contributed by atoms with Gasteiger partial charge in [0.1, 0.15) is 0 Å². The summed E-state index contributed by atoms with van der Waals surface area (Å²) in [6.07, 6.45) is 3.60. The highest BCUT2D eigenvalue weighted by Crippen LogP contribution is 2.36. The molecular formula is C16H14ClN3O2. The van der Waals surface area contributed by atoms with E-state index in [1.165, 1.54) is 4.68 Å². The Bertz CT molecular complexity index is 860. The van der Waals surface area contributed by atoms with Crippen LogP contribution in [-0.4, -0.2) is 14.3 Å². The molecule has 5 nitrogen and oxygen atoms in total. The molecular weight excluding hydrogens is 302 g/mol. The van der Waals surface area contributed by atoms with Gasteiger partial charge in [0.05, 0.1) is 12.8 Å². The van der Waals surface area contributed by atoms with Crippen molar-refractivity contribution in [3.8, 4) is 11.6 Å². The van der Waals surface area contributed by atoms with Crippen molar-refractivity contribution in [1.82, 2.24) is 14.3 Å². The van der Waals surface area contributed by atoms with E-state index in [4.69, 9.17) is 16.0 Å². The summed E-state index contributed by atoms with van der Waals surface area (Å²) in [5.74, 6) is 1.20. The van der Waals surface area contributed by atoms with Crippen LogP contribution in [0.3, 0.4) is 0 Å². The molecule has 0 N–H and O–H groups in total. The zero-order chi connectivity index (χ0) is 15.1. The summed E-state index contributed by atoms with van der Waals surface area (Å²) < 4.78 is 8.61. The Kier molecular flexibility index (Phi) is 3.15. The van der Waals surface area contributed by atoms with Crippen LogP contribution in [-0.2, 0) is 6.54 Å². The fourth-order valence-corrected chi connectivity index (χ4v) is 2.74. The van der Waals surface area contributed by atoms with E-state index >= 15 is 0 Å². The second-order valence-corrected chi connectivity index (χ2v) is 5.84. The molecule has 1 aromatic carbocycles. The van der Waals surface area contributed by atoms with Crippen molar-refractivity contribution in [2.45, 2.75) is 25.4 Å². The molecule has 0 saturated heterocycles. The minimum Gasteiger partial charge on any atom is -0.461 e. The molecule has 2 heterocycles. The molecule has 0 unspecified atom stereocenters. The summed E-state index contributed by atoms with van der Waals surface area (Å²) in [4.78, 5) is 12.7.